The van der Waals surface area contributed by atoms with Crippen LogP contribution in [0.1, 0.15) is 42.2 Å². The van der Waals surface area contributed by atoms with Gasteiger partial charge in [0.25, 0.3) is 5.91 Å². The van der Waals surface area contributed by atoms with Gasteiger partial charge in [0.15, 0.2) is 5.65 Å². The number of nitrogens with zero attached hydrogens (tertiary/aromatic N) is 6. The van der Waals surface area contributed by atoms with E-state index in [0.717, 1.165) is 24.9 Å². The second-order valence-corrected chi connectivity index (χ2v) is 7.69. The lowest BCUT2D eigenvalue weighted by molar-refractivity contribution is 0.0672. The van der Waals surface area contributed by atoms with Crippen molar-refractivity contribution in [3.63, 3.8) is 0 Å². The van der Waals surface area contributed by atoms with Gasteiger partial charge >= 0.3 is 5.69 Å². The van der Waals surface area contributed by atoms with Crippen LogP contribution in [0.25, 0.3) is 11.2 Å². The molecular weight excluding hydrogens is 356 g/mol. The van der Waals surface area contributed by atoms with Crippen LogP contribution in [0.5, 0.6) is 0 Å². The Labute approximate surface area is 161 Å². The number of rotatable bonds is 4. The van der Waals surface area contributed by atoms with Crippen molar-refractivity contribution in [2.45, 2.75) is 38.3 Å². The Kier molecular flexibility index (Phi) is 4.18. The molecule has 4 heterocycles. The molecule has 0 aromatic carbocycles. The van der Waals surface area contributed by atoms with E-state index in [-0.39, 0.29) is 17.6 Å². The maximum atomic E-state index is 13.3. The van der Waals surface area contributed by atoms with Gasteiger partial charge in [-0.05, 0) is 43.7 Å². The molecular formula is C20H22N6O2. The number of aromatic nitrogens is 5. The first kappa shape index (κ1) is 17.1. The highest BCUT2D eigenvalue weighted by Crippen LogP contribution is 2.32. The first-order chi connectivity index (χ1) is 13.7. The third-order valence-corrected chi connectivity index (χ3v) is 5.69. The zero-order valence-corrected chi connectivity index (χ0v) is 15.6. The number of piperidine rings is 1. The Morgan fingerprint density at radius 2 is 2.04 bits per heavy atom. The van der Waals surface area contributed by atoms with E-state index in [1.807, 2.05) is 16.7 Å². The lowest BCUT2D eigenvalue weighted by atomic mass is 10.1. The topological polar surface area (TPSA) is 85.9 Å². The maximum Gasteiger partial charge on any atom is 0.330 e. The molecule has 0 spiro atoms. The fraction of sp³-hybridized carbons (Fsp3) is 0.450. The minimum atomic E-state index is -0.138. The number of carbonyl (C=O) groups excluding carboxylic acids is 1. The van der Waals surface area contributed by atoms with Gasteiger partial charge in [0, 0.05) is 38.2 Å². The van der Waals surface area contributed by atoms with Gasteiger partial charge in [-0.1, -0.05) is 0 Å². The first-order valence-electron chi connectivity index (χ1n) is 9.83. The van der Waals surface area contributed by atoms with E-state index in [0.29, 0.717) is 30.3 Å². The number of carbonyl (C=O) groups is 1. The molecule has 1 saturated carbocycles. The van der Waals surface area contributed by atoms with Crippen molar-refractivity contribution in [1.82, 2.24) is 29.0 Å². The Bertz CT molecular complexity index is 1070. The van der Waals surface area contributed by atoms with Crippen molar-refractivity contribution in [1.29, 1.82) is 0 Å². The average molecular weight is 378 g/mol. The van der Waals surface area contributed by atoms with Crippen LogP contribution in [0.2, 0.25) is 0 Å². The van der Waals surface area contributed by atoms with Crippen molar-refractivity contribution < 1.29 is 4.79 Å². The molecule has 1 aliphatic carbocycles. The van der Waals surface area contributed by atoms with Gasteiger partial charge in [-0.2, -0.15) is 0 Å². The fourth-order valence-electron chi connectivity index (χ4n) is 4.09. The maximum absolute atomic E-state index is 13.3. The lowest BCUT2D eigenvalue weighted by Gasteiger charge is -2.32. The Morgan fingerprint density at radius 1 is 1.14 bits per heavy atom. The Hall–Kier alpha value is -3.03. The molecule has 0 bridgehead atoms. The summed E-state index contributed by atoms with van der Waals surface area (Å²) in [7, 11) is 0. The monoisotopic (exact) mass is 378 g/mol. The standard InChI is InChI=1S/C20H22N6O2/c27-19(16-11-21-8-9-22-16)24-10-2-3-15(13-24)26-18-17(4-1-7-23-18)25(20(26)28)12-14-5-6-14/h1,4,7-9,11,14-15H,2-3,5-6,10,12-13H2/t15-/m0/s1. The summed E-state index contributed by atoms with van der Waals surface area (Å²) in [6.07, 6.45) is 10.3. The van der Waals surface area contributed by atoms with E-state index in [1.165, 1.54) is 25.2 Å². The number of hydrogen-bond donors (Lipinski definition) is 0. The third-order valence-electron chi connectivity index (χ3n) is 5.69. The van der Waals surface area contributed by atoms with E-state index >= 15 is 0 Å². The molecule has 3 aromatic heterocycles. The minimum absolute atomic E-state index is 0.0144. The van der Waals surface area contributed by atoms with Gasteiger partial charge in [-0.3, -0.25) is 18.9 Å². The molecule has 144 valence electrons. The van der Waals surface area contributed by atoms with E-state index in [4.69, 9.17) is 0 Å². The Morgan fingerprint density at radius 3 is 2.82 bits per heavy atom. The van der Waals surface area contributed by atoms with Gasteiger partial charge < -0.3 is 4.90 Å². The molecule has 0 unspecified atom stereocenters. The van der Waals surface area contributed by atoms with Crippen LogP contribution >= 0.6 is 0 Å². The minimum Gasteiger partial charge on any atom is -0.335 e. The highest BCUT2D eigenvalue weighted by atomic mass is 16.2. The number of likely N-dealkylation sites (tertiary alicyclic amines) is 1. The molecule has 1 saturated heterocycles. The SMILES string of the molecule is O=C(c1cnccn1)N1CCC[C@H](n2c(=O)n(CC3CC3)c3cccnc32)C1. The normalized spacial score (nSPS) is 19.9. The van der Waals surface area contributed by atoms with E-state index in [2.05, 4.69) is 15.0 Å². The molecule has 5 rings (SSSR count). The summed E-state index contributed by atoms with van der Waals surface area (Å²) >= 11 is 0. The highest BCUT2D eigenvalue weighted by molar-refractivity contribution is 5.92. The average Bonchev–Trinajstić information content (AvgIpc) is 3.52. The number of amides is 1. The molecule has 1 aliphatic heterocycles. The van der Waals surface area contributed by atoms with Crippen molar-refractivity contribution in [3.8, 4) is 0 Å². The van der Waals surface area contributed by atoms with Crippen LogP contribution in [-0.2, 0) is 6.54 Å². The largest absolute Gasteiger partial charge is 0.335 e. The van der Waals surface area contributed by atoms with Crippen LogP contribution in [0.4, 0.5) is 0 Å². The zero-order valence-electron chi connectivity index (χ0n) is 15.6. The van der Waals surface area contributed by atoms with E-state index in [1.54, 1.807) is 21.9 Å². The lowest BCUT2D eigenvalue weighted by Crippen LogP contribution is -2.43. The summed E-state index contributed by atoms with van der Waals surface area (Å²) in [5, 5.41) is 0. The highest BCUT2D eigenvalue weighted by Gasteiger charge is 2.31. The zero-order chi connectivity index (χ0) is 19.1. The summed E-state index contributed by atoms with van der Waals surface area (Å²) in [4.78, 5) is 40.5. The van der Waals surface area contributed by atoms with E-state index < -0.39 is 0 Å². The molecule has 8 nitrogen and oxygen atoms in total. The van der Waals surface area contributed by atoms with Gasteiger partial charge in [0.05, 0.1) is 17.8 Å². The summed E-state index contributed by atoms with van der Waals surface area (Å²) in [5.41, 5.74) is 1.92. The van der Waals surface area contributed by atoms with E-state index in [9.17, 15) is 9.59 Å². The summed E-state index contributed by atoms with van der Waals surface area (Å²) < 4.78 is 3.66. The van der Waals surface area contributed by atoms with Crippen molar-refractivity contribution in [2.24, 2.45) is 5.92 Å². The predicted molar refractivity (Wildman–Crippen MR) is 103 cm³/mol. The fourth-order valence-corrected chi connectivity index (χ4v) is 4.09. The third kappa shape index (κ3) is 2.98. The summed E-state index contributed by atoms with van der Waals surface area (Å²) in [6, 6.07) is 3.76. The first-order valence-corrected chi connectivity index (χ1v) is 9.83. The molecule has 0 N–H and O–H groups in total. The molecule has 2 aliphatic rings. The molecule has 3 aromatic rings. The van der Waals surface area contributed by atoms with Crippen LogP contribution in [0.3, 0.4) is 0 Å². The van der Waals surface area contributed by atoms with Crippen LogP contribution < -0.4 is 5.69 Å². The summed E-state index contributed by atoms with van der Waals surface area (Å²) in [5.74, 6) is 0.457. The second-order valence-electron chi connectivity index (χ2n) is 7.69. The number of pyridine rings is 1. The van der Waals surface area contributed by atoms with Gasteiger partial charge in [0.1, 0.15) is 5.69 Å². The molecule has 0 radical (unpaired) electrons. The van der Waals surface area contributed by atoms with Crippen LogP contribution in [0.15, 0.2) is 41.7 Å². The van der Waals surface area contributed by atoms with Crippen molar-refractivity contribution >= 4 is 17.1 Å². The smallest absolute Gasteiger partial charge is 0.330 e. The van der Waals surface area contributed by atoms with Gasteiger partial charge in [-0.15, -0.1) is 0 Å². The van der Waals surface area contributed by atoms with Crippen LogP contribution in [0, 0.1) is 5.92 Å². The van der Waals surface area contributed by atoms with Gasteiger partial charge in [-0.25, -0.2) is 14.8 Å². The predicted octanol–water partition coefficient (Wildman–Crippen LogP) is 1.88. The molecule has 1 amide bonds. The van der Waals surface area contributed by atoms with Crippen molar-refractivity contribution in [3.05, 3.63) is 53.1 Å². The number of fused-ring (bicyclic) bond motifs is 1. The molecule has 2 fully saturated rings. The summed E-state index contributed by atoms with van der Waals surface area (Å²) in [6.45, 7) is 1.90. The molecule has 8 heteroatoms. The molecule has 1 atom stereocenters. The number of imidazole rings is 1. The number of hydrogen-bond acceptors (Lipinski definition) is 5. The van der Waals surface area contributed by atoms with Crippen molar-refractivity contribution in [2.75, 3.05) is 13.1 Å². The van der Waals surface area contributed by atoms with Gasteiger partial charge in [0.2, 0.25) is 0 Å². The second kappa shape index (κ2) is 6.85. The quantitative estimate of drug-likeness (QED) is 0.692. The Balaban J connectivity index is 1.49. The molecule has 28 heavy (non-hydrogen) atoms. The van der Waals surface area contributed by atoms with Crippen LogP contribution in [-0.4, -0.2) is 48.0 Å².